The first-order valence-electron chi connectivity index (χ1n) is 13.1. The Bertz CT molecular complexity index is 1080. The summed E-state index contributed by atoms with van der Waals surface area (Å²) in [5.74, 6) is -1.46. The fourth-order valence-corrected chi connectivity index (χ4v) is 6.36. The lowest BCUT2D eigenvalue weighted by molar-refractivity contribution is -0.138. The van der Waals surface area contributed by atoms with Gasteiger partial charge in [-0.1, -0.05) is 69.2 Å². The van der Waals surface area contributed by atoms with Crippen molar-refractivity contribution in [3.63, 3.8) is 0 Å². The third-order valence-electron chi connectivity index (χ3n) is 6.47. The zero-order valence-electron chi connectivity index (χ0n) is 21.6. The van der Waals surface area contributed by atoms with E-state index in [1.54, 1.807) is 12.1 Å². The highest BCUT2D eigenvalue weighted by molar-refractivity contribution is 7.53. The molecule has 0 radical (unpaired) electrons. The fraction of sp³-hybridized carbons (Fsp3) is 0.536. The molecule has 0 spiro atoms. The summed E-state index contributed by atoms with van der Waals surface area (Å²) in [6.07, 6.45) is 1.23. The maximum absolute atomic E-state index is 13.2. The SMILES string of the molecule is CCCCOP(=O)(CCCCc1cccc2c1C(C(=O)NCC(F)(F)F)c1ccccc1-2)OCCCC. The van der Waals surface area contributed by atoms with Crippen LogP contribution in [0.25, 0.3) is 11.1 Å². The maximum Gasteiger partial charge on any atom is 0.405 e. The smallest absolute Gasteiger partial charge is 0.346 e. The average Bonchev–Trinajstić information content (AvgIpc) is 3.20. The van der Waals surface area contributed by atoms with Crippen LogP contribution >= 0.6 is 7.60 Å². The molecule has 9 heteroatoms. The molecule has 1 atom stereocenters. The summed E-state index contributed by atoms with van der Waals surface area (Å²) >= 11 is 0. The summed E-state index contributed by atoms with van der Waals surface area (Å²) in [7, 11) is -3.19. The highest BCUT2D eigenvalue weighted by Crippen LogP contribution is 2.50. The minimum atomic E-state index is -4.48. The van der Waals surface area contributed by atoms with Gasteiger partial charge in [-0.05, 0) is 59.9 Å². The van der Waals surface area contributed by atoms with Gasteiger partial charge in [-0.15, -0.1) is 0 Å². The van der Waals surface area contributed by atoms with E-state index in [9.17, 15) is 22.5 Å². The van der Waals surface area contributed by atoms with Crippen LogP contribution in [0.1, 0.15) is 75.0 Å². The Morgan fingerprint density at radius 3 is 2.22 bits per heavy atom. The van der Waals surface area contributed by atoms with E-state index in [4.69, 9.17) is 9.05 Å². The van der Waals surface area contributed by atoms with Crippen LogP contribution in [-0.4, -0.2) is 38.0 Å². The number of rotatable bonds is 15. The van der Waals surface area contributed by atoms with Crippen molar-refractivity contribution in [2.45, 2.75) is 70.9 Å². The standard InChI is InChI=1S/C28H37F3NO4P/c1-3-5-17-35-37(34,36-18-6-4-2)19-10-9-12-21-13-11-16-23-22-14-7-8-15-24(22)26(25(21)23)27(33)32-20-28(29,30)31/h7-8,11,13-16,26H,3-6,9-10,12,17-20H2,1-2H3,(H,32,33). The summed E-state index contributed by atoms with van der Waals surface area (Å²) < 4.78 is 63.0. The molecular weight excluding hydrogens is 502 g/mol. The molecule has 0 bridgehead atoms. The van der Waals surface area contributed by atoms with Gasteiger partial charge in [0.15, 0.2) is 0 Å². The molecule has 0 saturated carbocycles. The highest BCUT2D eigenvalue weighted by atomic mass is 31.2. The van der Waals surface area contributed by atoms with Crippen LogP contribution < -0.4 is 5.32 Å². The Morgan fingerprint density at radius 1 is 0.919 bits per heavy atom. The number of benzene rings is 2. The molecule has 5 nitrogen and oxygen atoms in total. The number of alkyl halides is 3. The van der Waals surface area contributed by atoms with Crippen molar-refractivity contribution in [2.75, 3.05) is 25.9 Å². The fourth-order valence-electron chi connectivity index (χ4n) is 4.60. The molecule has 1 unspecified atom stereocenters. The Hall–Kier alpha value is -2.15. The number of carbonyl (C=O) groups is 1. The van der Waals surface area contributed by atoms with Gasteiger partial charge in [-0.3, -0.25) is 9.36 Å². The lowest BCUT2D eigenvalue weighted by Crippen LogP contribution is -2.37. The quantitative estimate of drug-likeness (QED) is 0.187. The van der Waals surface area contributed by atoms with E-state index in [-0.39, 0.29) is 0 Å². The molecule has 1 aliphatic carbocycles. The number of fused-ring (bicyclic) bond motifs is 3. The van der Waals surface area contributed by atoms with E-state index in [2.05, 4.69) is 5.32 Å². The lowest BCUT2D eigenvalue weighted by Gasteiger charge is -2.19. The van der Waals surface area contributed by atoms with Crippen molar-refractivity contribution in [2.24, 2.45) is 0 Å². The van der Waals surface area contributed by atoms with Gasteiger partial charge in [-0.25, -0.2) is 0 Å². The molecular formula is C28H37F3NO4P. The summed E-state index contributed by atoms with van der Waals surface area (Å²) in [6.45, 7) is 3.52. The normalized spacial score (nSPS) is 14.9. The molecule has 3 rings (SSSR count). The molecule has 0 heterocycles. The number of hydrogen-bond donors (Lipinski definition) is 1. The Balaban J connectivity index is 1.73. The lowest BCUT2D eigenvalue weighted by atomic mass is 9.90. The molecule has 204 valence electrons. The molecule has 1 amide bonds. The number of unbranched alkanes of at least 4 members (excludes halogenated alkanes) is 3. The first-order valence-corrected chi connectivity index (χ1v) is 14.9. The van der Waals surface area contributed by atoms with E-state index in [0.29, 0.717) is 44.2 Å². The minimum absolute atomic E-state index is 0.311. The summed E-state index contributed by atoms with van der Waals surface area (Å²) in [6, 6.07) is 13.1. The van der Waals surface area contributed by atoms with Crippen molar-refractivity contribution in [1.29, 1.82) is 0 Å². The zero-order valence-corrected chi connectivity index (χ0v) is 22.5. The predicted molar refractivity (Wildman–Crippen MR) is 140 cm³/mol. The van der Waals surface area contributed by atoms with Gasteiger partial charge in [0.2, 0.25) is 5.91 Å². The van der Waals surface area contributed by atoms with Gasteiger partial charge in [-0.2, -0.15) is 13.2 Å². The molecule has 1 aliphatic rings. The van der Waals surface area contributed by atoms with Crippen molar-refractivity contribution in [3.8, 4) is 11.1 Å². The maximum atomic E-state index is 13.2. The topological polar surface area (TPSA) is 64.6 Å². The highest BCUT2D eigenvalue weighted by Gasteiger charge is 2.37. The third-order valence-corrected chi connectivity index (χ3v) is 8.49. The van der Waals surface area contributed by atoms with E-state index < -0.39 is 32.1 Å². The van der Waals surface area contributed by atoms with Crippen LogP contribution in [0.15, 0.2) is 42.5 Å². The largest absolute Gasteiger partial charge is 0.405 e. The third kappa shape index (κ3) is 8.17. The molecule has 0 aliphatic heterocycles. The van der Waals surface area contributed by atoms with Gasteiger partial charge in [0.25, 0.3) is 0 Å². The van der Waals surface area contributed by atoms with E-state index in [0.717, 1.165) is 47.9 Å². The number of aryl methyl sites for hydroxylation is 1. The number of carbonyl (C=O) groups excluding carboxylic acids is 1. The summed E-state index contributed by atoms with van der Waals surface area (Å²) in [4.78, 5) is 13.0. The van der Waals surface area contributed by atoms with Crippen molar-refractivity contribution in [3.05, 3.63) is 59.2 Å². The second-order valence-corrected chi connectivity index (χ2v) is 11.6. The second-order valence-electron chi connectivity index (χ2n) is 9.40. The number of amides is 1. The van der Waals surface area contributed by atoms with Gasteiger partial charge in [0, 0.05) is 0 Å². The van der Waals surface area contributed by atoms with Crippen LogP contribution in [0, 0.1) is 0 Å². The van der Waals surface area contributed by atoms with Crippen LogP contribution in [-0.2, 0) is 24.8 Å². The molecule has 2 aromatic carbocycles. The predicted octanol–water partition coefficient (Wildman–Crippen LogP) is 7.63. The zero-order chi connectivity index (χ0) is 26.9. The minimum Gasteiger partial charge on any atom is -0.346 e. The molecule has 37 heavy (non-hydrogen) atoms. The van der Waals surface area contributed by atoms with Crippen molar-refractivity contribution < 1.29 is 31.6 Å². The number of halogens is 3. The van der Waals surface area contributed by atoms with Gasteiger partial charge >= 0.3 is 13.8 Å². The number of hydrogen-bond acceptors (Lipinski definition) is 4. The van der Waals surface area contributed by atoms with Gasteiger partial charge in [0.05, 0.1) is 25.3 Å². The average molecular weight is 540 g/mol. The van der Waals surface area contributed by atoms with Gasteiger partial charge < -0.3 is 14.4 Å². The van der Waals surface area contributed by atoms with E-state index >= 15 is 0 Å². The molecule has 0 fully saturated rings. The monoisotopic (exact) mass is 539 g/mol. The second kappa shape index (κ2) is 13.6. The summed E-state index contributed by atoms with van der Waals surface area (Å²) in [5.41, 5.74) is 4.11. The van der Waals surface area contributed by atoms with Crippen LogP contribution in [0.2, 0.25) is 0 Å². The summed E-state index contributed by atoms with van der Waals surface area (Å²) in [5, 5.41) is 2.08. The van der Waals surface area contributed by atoms with Crippen LogP contribution in [0.3, 0.4) is 0 Å². The Labute approximate surface area is 217 Å². The van der Waals surface area contributed by atoms with E-state index in [1.807, 2.05) is 44.2 Å². The van der Waals surface area contributed by atoms with Crippen molar-refractivity contribution >= 4 is 13.5 Å². The Kier molecular flexibility index (Phi) is 10.8. The van der Waals surface area contributed by atoms with Crippen LogP contribution in [0.4, 0.5) is 13.2 Å². The molecule has 0 saturated heterocycles. The molecule has 1 N–H and O–H groups in total. The first kappa shape index (κ1) is 29.4. The number of nitrogens with one attached hydrogen (secondary N) is 1. The Morgan fingerprint density at radius 2 is 1.57 bits per heavy atom. The van der Waals surface area contributed by atoms with Crippen molar-refractivity contribution in [1.82, 2.24) is 5.32 Å². The molecule has 0 aromatic heterocycles. The van der Waals surface area contributed by atoms with Gasteiger partial charge in [0.1, 0.15) is 6.54 Å². The first-order chi connectivity index (χ1) is 17.7. The molecule has 2 aromatic rings. The van der Waals surface area contributed by atoms with E-state index in [1.165, 1.54) is 0 Å². The van der Waals surface area contributed by atoms with Crippen LogP contribution in [0.5, 0.6) is 0 Å².